The van der Waals surface area contributed by atoms with Gasteiger partial charge in [-0.3, -0.25) is 0 Å². The molecule has 2 aromatic carbocycles. The first-order chi connectivity index (χ1) is 10.1. The second-order valence-electron chi connectivity index (χ2n) is 5.66. The lowest BCUT2D eigenvalue weighted by molar-refractivity contribution is 0.0933. The van der Waals surface area contributed by atoms with Gasteiger partial charge in [0.25, 0.3) is 0 Å². The van der Waals surface area contributed by atoms with E-state index in [-0.39, 0.29) is 5.92 Å². The molecule has 0 aliphatic carbocycles. The number of aliphatic hydroxyl groups excluding tert-OH is 1. The van der Waals surface area contributed by atoms with E-state index in [0.717, 1.165) is 23.1 Å². The largest absolute Gasteiger partial charge is 0.388 e. The maximum atomic E-state index is 10.4. The van der Waals surface area contributed by atoms with Crippen LogP contribution in [-0.4, -0.2) is 23.6 Å². The lowest BCUT2D eigenvalue weighted by Gasteiger charge is -2.25. The van der Waals surface area contributed by atoms with Crippen molar-refractivity contribution >= 4 is 15.9 Å². The number of nitrogens with zero attached hydrogens (tertiary/aromatic N) is 1. The summed E-state index contributed by atoms with van der Waals surface area (Å²) in [6.45, 7) is 3.82. The Labute approximate surface area is 135 Å². The molecule has 21 heavy (non-hydrogen) atoms. The van der Waals surface area contributed by atoms with Gasteiger partial charge in [0.1, 0.15) is 0 Å². The molecule has 0 saturated carbocycles. The number of aliphatic hydroxyl groups is 1. The first-order valence-corrected chi connectivity index (χ1v) is 8.01. The van der Waals surface area contributed by atoms with Gasteiger partial charge >= 0.3 is 0 Å². The van der Waals surface area contributed by atoms with E-state index >= 15 is 0 Å². The third-order valence-electron chi connectivity index (χ3n) is 3.62. The van der Waals surface area contributed by atoms with E-state index < -0.39 is 6.10 Å². The van der Waals surface area contributed by atoms with Crippen molar-refractivity contribution in [3.05, 3.63) is 70.2 Å². The molecule has 0 aliphatic rings. The third-order valence-corrected chi connectivity index (χ3v) is 4.11. The summed E-state index contributed by atoms with van der Waals surface area (Å²) in [5.74, 6) is 0.185. The second kappa shape index (κ2) is 7.74. The molecule has 2 atom stereocenters. The number of benzene rings is 2. The van der Waals surface area contributed by atoms with E-state index in [4.69, 9.17) is 0 Å². The molecule has 0 fully saturated rings. The predicted molar refractivity (Wildman–Crippen MR) is 91.0 cm³/mol. The van der Waals surface area contributed by atoms with E-state index in [2.05, 4.69) is 53.0 Å². The van der Waals surface area contributed by atoms with Crippen LogP contribution in [0.1, 0.15) is 24.2 Å². The molecule has 0 bridgehead atoms. The van der Waals surface area contributed by atoms with Gasteiger partial charge in [0.15, 0.2) is 0 Å². The number of rotatable bonds is 6. The summed E-state index contributed by atoms with van der Waals surface area (Å²) < 4.78 is 1.10. The van der Waals surface area contributed by atoms with Gasteiger partial charge in [-0.25, -0.2) is 0 Å². The van der Waals surface area contributed by atoms with Crippen molar-refractivity contribution in [3.8, 4) is 0 Å². The average Bonchev–Trinajstić information content (AvgIpc) is 2.47. The van der Waals surface area contributed by atoms with Crippen molar-refractivity contribution in [2.75, 3.05) is 13.6 Å². The molecule has 3 heteroatoms. The molecule has 0 spiro atoms. The molecule has 2 rings (SSSR count). The molecular formula is C18H22BrNO. The monoisotopic (exact) mass is 347 g/mol. The van der Waals surface area contributed by atoms with Gasteiger partial charge in [0.2, 0.25) is 0 Å². The Morgan fingerprint density at radius 1 is 1.10 bits per heavy atom. The molecule has 2 aromatic rings. The van der Waals surface area contributed by atoms with Crippen LogP contribution in [0.15, 0.2) is 59.1 Å². The van der Waals surface area contributed by atoms with E-state index in [9.17, 15) is 5.11 Å². The van der Waals surface area contributed by atoms with Crippen LogP contribution in [0.25, 0.3) is 0 Å². The van der Waals surface area contributed by atoms with Crippen molar-refractivity contribution in [2.24, 2.45) is 5.92 Å². The van der Waals surface area contributed by atoms with E-state index in [1.165, 1.54) is 5.56 Å². The maximum absolute atomic E-state index is 10.4. The molecular weight excluding hydrogens is 326 g/mol. The maximum Gasteiger partial charge on any atom is 0.0827 e. The molecule has 0 saturated heterocycles. The Bertz CT molecular complexity index is 558. The van der Waals surface area contributed by atoms with Crippen LogP contribution >= 0.6 is 15.9 Å². The standard InChI is InChI=1S/C18H22BrNO/c1-14(18(21)16-8-4-3-5-9-16)12-20(2)13-15-7-6-10-17(19)11-15/h3-11,14,18,21H,12-13H2,1-2H3. The van der Waals surface area contributed by atoms with E-state index in [1.807, 2.05) is 36.4 Å². The number of hydrogen-bond donors (Lipinski definition) is 1. The van der Waals surface area contributed by atoms with Crippen LogP contribution in [0.5, 0.6) is 0 Å². The molecule has 0 radical (unpaired) electrons. The van der Waals surface area contributed by atoms with Crippen LogP contribution in [0.4, 0.5) is 0 Å². The highest BCUT2D eigenvalue weighted by molar-refractivity contribution is 9.10. The summed E-state index contributed by atoms with van der Waals surface area (Å²) in [5.41, 5.74) is 2.26. The summed E-state index contributed by atoms with van der Waals surface area (Å²) in [6.07, 6.45) is -0.420. The quantitative estimate of drug-likeness (QED) is 0.844. The van der Waals surface area contributed by atoms with Crippen molar-refractivity contribution < 1.29 is 5.11 Å². The fourth-order valence-electron chi connectivity index (χ4n) is 2.58. The van der Waals surface area contributed by atoms with E-state index in [1.54, 1.807) is 0 Å². The van der Waals surface area contributed by atoms with Crippen LogP contribution in [0.3, 0.4) is 0 Å². The van der Waals surface area contributed by atoms with Crippen LogP contribution in [0.2, 0.25) is 0 Å². The van der Waals surface area contributed by atoms with Crippen LogP contribution in [0, 0.1) is 5.92 Å². The number of hydrogen-bond acceptors (Lipinski definition) is 2. The van der Waals surface area contributed by atoms with E-state index in [0.29, 0.717) is 0 Å². The Hall–Kier alpha value is -1.16. The number of halogens is 1. The van der Waals surface area contributed by atoms with Gasteiger partial charge in [-0.1, -0.05) is 65.3 Å². The highest BCUT2D eigenvalue weighted by atomic mass is 79.9. The fraction of sp³-hybridized carbons (Fsp3) is 0.333. The predicted octanol–water partition coefficient (Wildman–Crippen LogP) is 4.25. The lowest BCUT2D eigenvalue weighted by atomic mass is 9.97. The Kier molecular flexibility index (Phi) is 5.97. The van der Waals surface area contributed by atoms with Gasteiger partial charge in [-0.2, -0.15) is 0 Å². The van der Waals surface area contributed by atoms with Gasteiger partial charge in [-0.05, 0) is 36.2 Å². The SMILES string of the molecule is CC(CN(C)Cc1cccc(Br)c1)C(O)c1ccccc1. The summed E-state index contributed by atoms with van der Waals surface area (Å²) in [5, 5.41) is 10.4. The highest BCUT2D eigenvalue weighted by Gasteiger charge is 2.17. The topological polar surface area (TPSA) is 23.5 Å². The van der Waals surface area contributed by atoms with Crippen molar-refractivity contribution in [1.82, 2.24) is 4.90 Å². The minimum atomic E-state index is -0.420. The van der Waals surface area contributed by atoms with Gasteiger partial charge in [0.05, 0.1) is 6.10 Å². The first kappa shape index (κ1) is 16.2. The van der Waals surface area contributed by atoms with Crippen LogP contribution in [-0.2, 0) is 6.54 Å². The molecule has 2 nitrogen and oxygen atoms in total. The molecule has 2 unspecified atom stereocenters. The Balaban J connectivity index is 1.91. The van der Waals surface area contributed by atoms with Gasteiger partial charge in [-0.15, -0.1) is 0 Å². The first-order valence-electron chi connectivity index (χ1n) is 7.22. The molecule has 1 N–H and O–H groups in total. The molecule has 0 heterocycles. The summed E-state index contributed by atoms with van der Waals surface area (Å²) in [6, 6.07) is 18.2. The fourth-order valence-corrected chi connectivity index (χ4v) is 3.03. The average molecular weight is 348 g/mol. The van der Waals surface area contributed by atoms with Gasteiger partial charge in [0, 0.05) is 17.6 Å². The normalized spacial score (nSPS) is 14.1. The Morgan fingerprint density at radius 3 is 2.48 bits per heavy atom. The third kappa shape index (κ3) is 4.95. The van der Waals surface area contributed by atoms with Gasteiger partial charge < -0.3 is 10.0 Å². The van der Waals surface area contributed by atoms with Crippen LogP contribution < -0.4 is 0 Å². The van der Waals surface area contributed by atoms with Crippen molar-refractivity contribution in [1.29, 1.82) is 0 Å². The minimum Gasteiger partial charge on any atom is -0.388 e. The zero-order chi connectivity index (χ0) is 15.2. The van der Waals surface area contributed by atoms with Crippen molar-refractivity contribution in [3.63, 3.8) is 0 Å². The molecule has 0 aliphatic heterocycles. The summed E-state index contributed by atoms with van der Waals surface area (Å²) in [4.78, 5) is 2.25. The lowest BCUT2D eigenvalue weighted by Crippen LogP contribution is -2.27. The molecule has 0 aromatic heterocycles. The molecule has 112 valence electrons. The zero-order valence-electron chi connectivity index (χ0n) is 12.5. The Morgan fingerprint density at radius 2 is 1.81 bits per heavy atom. The summed E-state index contributed by atoms with van der Waals surface area (Å²) >= 11 is 3.50. The second-order valence-corrected chi connectivity index (χ2v) is 6.58. The minimum absolute atomic E-state index is 0.185. The van der Waals surface area contributed by atoms with Crippen molar-refractivity contribution in [2.45, 2.75) is 19.6 Å². The zero-order valence-corrected chi connectivity index (χ0v) is 14.1. The smallest absolute Gasteiger partial charge is 0.0827 e. The summed E-state index contributed by atoms with van der Waals surface area (Å²) in [7, 11) is 2.09. The highest BCUT2D eigenvalue weighted by Crippen LogP contribution is 2.22. The molecule has 0 amide bonds.